The normalized spacial score (nSPS) is 14.8. The number of pyridine rings is 1. The van der Waals surface area contributed by atoms with Crippen LogP contribution in [0.2, 0.25) is 0 Å². The lowest BCUT2D eigenvalue weighted by Crippen LogP contribution is -2.27. The fourth-order valence-corrected chi connectivity index (χ4v) is 1.81. The van der Waals surface area contributed by atoms with Crippen LogP contribution in [0.3, 0.4) is 0 Å². The number of aliphatic hydroxyl groups is 2. The van der Waals surface area contributed by atoms with Crippen LogP contribution < -0.4 is 11.5 Å². The summed E-state index contributed by atoms with van der Waals surface area (Å²) < 4.78 is 0. The van der Waals surface area contributed by atoms with Gasteiger partial charge in [0.2, 0.25) is 0 Å². The number of hydrogen-bond donors (Lipinski definition) is 4. The minimum Gasteiger partial charge on any atom is -0.389 e. The van der Waals surface area contributed by atoms with Crippen molar-refractivity contribution in [2.75, 3.05) is 12.3 Å². The molecule has 17 heavy (non-hydrogen) atoms. The Morgan fingerprint density at radius 3 is 2.47 bits per heavy atom. The van der Waals surface area contributed by atoms with E-state index in [9.17, 15) is 10.2 Å². The predicted molar refractivity (Wildman–Crippen MR) is 66.2 cm³/mol. The number of nitrogen functional groups attached to an aromatic ring is 1. The number of benzene rings is 1. The molecule has 0 bridgehead atoms. The average molecular weight is 233 g/mol. The van der Waals surface area contributed by atoms with Crippen molar-refractivity contribution < 1.29 is 10.2 Å². The fraction of sp³-hybridized carbons (Fsp3) is 0.250. The van der Waals surface area contributed by atoms with Gasteiger partial charge in [-0.25, -0.2) is 4.98 Å². The molecule has 1 aromatic heterocycles. The largest absolute Gasteiger partial charge is 0.389 e. The fourth-order valence-electron chi connectivity index (χ4n) is 1.81. The van der Waals surface area contributed by atoms with Gasteiger partial charge in [0.15, 0.2) is 0 Å². The van der Waals surface area contributed by atoms with Gasteiger partial charge >= 0.3 is 0 Å². The first kappa shape index (κ1) is 11.8. The summed E-state index contributed by atoms with van der Waals surface area (Å²) in [5.41, 5.74) is 11.6. The van der Waals surface area contributed by atoms with Crippen molar-refractivity contribution in [2.24, 2.45) is 5.73 Å². The van der Waals surface area contributed by atoms with Crippen molar-refractivity contribution in [2.45, 2.75) is 12.2 Å². The zero-order valence-corrected chi connectivity index (χ0v) is 9.24. The number of fused-ring (bicyclic) bond motifs is 1. The quantitative estimate of drug-likeness (QED) is 0.604. The molecule has 0 amide bonds. The van der Waals surface area contributed by atoms with E-state index in [0.717, 1.165) is 10.8 Å². The third-order valence-electron chi connectivity index (χ3n) is 2.78. The molecule has 2 unspecified atom stereocenters. The lowest BCUT2D eigenvalue weighted by molar-refractivity contribution is 0.0250. The number of rotatable bonds is 3. The number of nitrogens with zero attached hydrogens (tertiary/aromatic N) is 1. The molecule has 0 aliphatic carbocycles. The Labute approximate surface area is 98.7 Å². The van der Waals surface area contributed by atoms with Crippen LogP contribution in [-0.4, -0.2) is 27.8 Å². The van der Waals surface area contributed by atoms with Gasteiger partial charge in [0, 0.05) is 23.7 Å². The van der Waals surface area contributed by atoms with E-state index in [1.54, 1.807) is 0 Å². The Morgan fingerprint density at radius 1 is 1.18 bits per heavy atom. The number of hydrogen-bond acceptors (Lipinski definition) is 5. The third-order valence-corrected chi connectivity index (χ3v) is 2.78. The summed E-state index contributed by atoms with van der Waals surface area (Å²) in [5.74, 6) is 0.402. The van der Waals surface area contributed by atoms with Gasteiger partial charge in [0.1, 0.15) is 11.9 Å². The minimum absolute atomic E-state index is 0.0140. The molecule has 0 fully saturated rings. The lowest BCUT2D eigenvalue weighted by atomic mass is 9.99. The van der Waals surface area contributed by atoms with Crippen LogP contribution in [-0.2, 0) is 0 Å². The molecule has 6 N–H and O–H groups in total. The van der Waals surface area contributed by atoms with Crippen LogP contribution in [0, 0.1) is 0 Å². The van der Waals surface area contributed by atoms with Gasteiger partial charge in [-0.3, -0.25) is 0 Å². The third kappa shape index (κ3) is 2.08. The first-order valence-electron chi connectivity index (χ1n) is 5.34. The maximum absolute atomic E-state index is 9.97. The molecule has 0 radical (unpaired) electrons. The van der Waals surface area contributed by atoms with Gasteiger partial charge in [-0.15, -0.1) is 0 Å². The second kappa shape index (κ2) is 4.67. The van der Waals surface area contributed by atoms with E-state index in [2.05, 4.69) is 4.98 Å². The molecular formula is C12H15N3O2. The van der Waals surface area contributed by atoms with Crippen LogP contribution in [0.15, 0.2) is 30.5 Å². The van der Waals surface area contributed by atoms with Crippen molar-refractivity contribution in [1.29, 1.82) is 0 Å². The molecule has 0 saturated heterocycles. The average Bonchev–Trinajstić information content (AvgIpc) is 2.38. The summed E-state index contributed by atoms with van der Waals surface area (Å²) in [7, 11) is 0. The van der Waals surface area contributed by atoms with Crippen molar-refractivity contribution in [3.05, 3.63) is 36.0 Å². The van der Waals surface area contributed by atoms with Gasteiger partial charge in [-0.2, -0.15) is 0 Å². The molecule has 0 saturated carbocycles. The number of anilines is 1. The summed E-state index contributed by atoms with van der Waals surface area (Å²) in [6.07, 6.45) is -0.594. The molecule has 90 valence electrons. The smallest absolute Gasteiger partial charge is 0.131 e. The summed E-state index contributed by atoms with van der Waals surface area (Å²) in [5, 5.41) is 21.1. The summed E-state index contributed by atoms with van der Waals surface area (Å²) in [6.45, 7) is -0.0140. The Kier molecular flexibility index (Phi) is 3.23. The van der Waals surface area contributed by atoms with Gasteiger partial charge in [0.25, 0.3) is 0 Å². The van der Waals surface area contributed by atoms with Crippen molar-refractivity contribution in [3.63, 3.8) is 0 Å². The highest BCUT2D eigenvalue weighted by atomic mass is 16.3. The van der Waals surface area contributed by atoms with Crippen molar-refractivity contribution in [1.82, 2.24) is 4.98 Å². The topological polar surface area (TPSA) is 105 Å². The standard InChI is InChI=1S/C12H15N3O2/c13-5-10(16)11(17)9-6-15-12(14)8-4-2-1-3-7(8)9/h1-4,6,10-11,16-17H,5,13H2,(H2,14,15). The maximum Gasteiger partial charge on any atom is 0.131 e. The zero-order valence-electron chi connectivity index (χ0n) is 9.24. The highest BCUT2D eigenvalue weighted by Crippen LogP contribution is 2.28. The number of aliphatic hydroxyl groups excluding tert-OH is 2. The lowest BCUT2D eigenvalue weighted by Gasteiger charge is -2.18. The molecule has 5 heteroatoms. The predicted octanol–water partition coefficient (Wildman–Crippen LogP) is 0.170. The van der Waals surface area contributed by atoms with E-state index in [0.29, 0.717) is 11.4 Å². The van der Waals surface area contributed by atoms with E-state index < -0.39 is 12.2 Å². The number of nitrogens with two attached hydrogens (primary N) is 2. The molecule has 2 atom stereocenters. The van der Waals surface area contributed by atoms with Crippen LogP contribution in [0.1, 0.15) is 11.7 Å². The van der Waals surface area contributed by atoms with E-state index in [4.69, 9.17) is 11.5 Å². The first-order valence-corrected chi connectivity index (χ1v) is 5.34. The van der Waals surface area contributed by atoms with Crippen LogP contribution in [0.5, 0.6) is 0 Å². The monoisotopic (exact) mass is 233 g/mol. The number of aromatic nitrogens is 1. The molecule has 0 spiro atoms. The van der Waals surface area contributed by atoms with E-state index in [1.807, 2.05) is 24.3 Å². The summed E-state index contributed by atoms with van der Waals surface area (Å²) in [6, 6.07) is 7.33. The molecule has 0 aliphatic heterocycles. The molecule has 2 rings (SSSR count). The van der Waals surface area contributed by atoms with Crippen LogP contribution in [0.4, 0.5) is 5.82 Å². The van der Waals surface area contributed by atoms with E-state index in [-0.39, 0.29) is 6.54 Å². The Bertz CT molecular complexity index is 530. The second-order valence-corrected chi connectivity index (χ2v) is 3.89. The molecular weight excluding hydrogens is 218 g/mol. The summed E-state index contributed by atoms with van der Waals surface area (Å²) >= 11 is 0. The van der Waals surface area contributed by atoms with Crippen LogP contribution >= 0.6 is 0 Å². The molecule has 1 heterocycles. The Morgan fingerprint density at radius 2 is 1.82 bits per heavy atom. The van der Waals surface area contributed by atoms with Gasteiger partial charge in [0.05, 0.1) is 6.10 Å². The first-order chi connectivity index (χ1) is 8.15. The molecule has 2 aromatic rings. The zero-order chi connectivity index (χ0) is 12.4. The minimum atomic E-state index is -1.06. The molecule has 1 aromatic carbocycles. The van der Waals surface area contributed by atoms with E-state index in [1.165, 1.54) is 6.20 Å². The molecule has 0 aliphatic rings. The highest BCUT2D eigenvalue weighted by molar-refractivity contribution is 5.93. The van der Waals surface area contributed by atoms with E-state index >= 15 is 0 Å². The Balaban J connectivity index is 2.59. The van der Waals surface area contributed by atoms with Gasteiger partial charge in [-0.05, 0) is 5.39 Å². The molecule has 5 nitrogen and oxygen atoms in total. The second-order valence-electron chi connectivity index (χ2n) is 3.89. The van der Waals surface area contributed by atoms with Gasteiger partial charge in [-0.1, -0.05) is 24.3 Å². The SMILES string of the molecule is NCC(O)C(O)c1cnc(N)c2ccccc12. The van der Waals surface area contributed by atoms with Crippen LogP contribution in [0.25, 0.3) is 10.8 Å². The summed E-state index contributed by atoms with van der Waals surface area (Å²) in [4.78, 5) is 4.01. The van der Waals surface area contributed by atoms with Crippen molar-refractivity contribution in [3.8, 4) is 0 Å². The Hall–Kier alpha value is -1.69. The highest BCUT2D eigenvalue weighted by Gasteiger charge is 2.19. The van der Waals surface area contributed by atoms with Crippen molar-refractivity contribution >= 4 is 16.6 Å². The van der Waals surface area contributed by atoms with Gasteiger partial charge < -0.3 is 21.7 Å². The maximum atomic E-state index is 9.97.